The van der Waals surface area contributed by atoms with Crippen LogP contribution >= 0.6 is 0 Å². The number of benzene rings is 1. The van der Waals surface area contributed by atoms with E-state index in [4.69, 9.17) is 24.1 Å². The van der Waals surface area contributed by atoms with E-state index < -0.39 is 41.4 Å². The molecule has 13 heteroatoms. The zero-order valence-electron chi connectivity index (χ0n) is 29.1. The van der Waals surface area contributed by atoms with E-state index in [1.165, 1.54) is 0 Å². The van der Waals surface area contributed by atoms with Crippen molar-refractivity contribution in [1.29, 1.82) is 0 Å². The Balaban J connectivity index is 1.89. The Hall–Kier alpha value is -3.42. The van der Waals surface area contributed by atoms with Crippen LogP contribution in [-0.4, -0.2) is 83.8 Å². The highest BCUT2D eigenvalue weighted by molar-refractivity contribution is 5.82. The summed E-state index contributed by atoms with van der Waals surface area (Å²) >= 11 is 0. The average Bonchev–Trinajstić information content (AvgIpc) is 2.97. The molecule has 5 N–H and O–H groups in total. The second kappa shape index (κ2) is 18.2. The van der Waals surface area contributed by atoms with E-state index in [-0.39, 0.29) is 62.8 Å². The van der Waals surface area contributed by atoms with Crippen LogP contribution in [0.4, 0.5) is 5.69 Å². The third-order valence-electron chi connectivity index (χ3n) is 7.65. The number of nitrogens with one attached hydrogen (secondary N) is 3. The maximum absolute atomic E-state index is 13.0. The van der Waals surface area contributed by atoms with Gasteiger partial charge in [-0.25, -0.2) is 0 Å². The molecular weight excluding hydrogens is 610 g/mol. The lowest BCUT2D eigenvalue weighted by atomic mass is 9.88. The van der Waals surface area contributed by atoms with E-state index in [1.54, 1.807) is 33.8 Å². The fourth-order valence-corrected chi connectivity index (χ4v) is 4.64. The summed E-state index contributed by atoms with van der Waals surface area (Å²) in [4.78, 5) is 48.6. The van der Waals surface area contributed by atoms with Crippen molar-refractivity contribution in [2.24, 2.45) is 11.3 Å². The molecule has 0 aromatic heterocycles. The number of hydrogen-bond acceptors (Lipinski definition) is 10. The van der Waals surface area contributed by atoms with Gasteiger partial charge < -0.3 is 45.1 Å². The van der Waals surface area contributed by atoms with Crippen molar-refractivity contribution < 1.29 is 48.3 Å². The van der Waals surface area contributed by atoms with Gasteiger partial charge >= 0.3 is 11.9 Å². The quantitative estimate of drug-likeness (QED) is 0.107. The molecule has 0 spiro atoms. The Bertz CT molecular complexity index is 1200. The molecule has 0 aliphatic carbocycles. The number of amides is 2. The summed E-state index contributed by atoms with van der Waals surface area (Å²) in [5.41, 5.74) is 0.0433. The van der Waals surface area contributed by atoms with Gasteiger partial charge in [0.05, 0.1) is 23.3 Å². The highest BCUT2D eigenvalue weighted by atomic mass is 16.7. The van der Waals surface area contributed by atoms with Crippen molar-refractivity contribution in [3.05, 3.63) is 23.8 Å². The third kappa shape index (κ3) is 14.5. The predicted molar refractivity (Wildman–Crippen MR) is 176 cm³/mol. The summed E-state index contributed by atoms with van der Waals surface area (Å²) in [6.45, 7) is 15.4. The SMILES string of the molecule is CC(C)Nc1ccc(COC(=O)C(C)C)cc1OC1CC(O)CC(C(=O)NCCNC(=O)C(C)(C)CCOC(C)(C)CCC(=O)O)O1. The first kappa shape index (κ1) is 39.8. The van der Waals surface area contributed by atoms with Crippen LogP contribution in [0, 0.1) is 11.3 Å². The van der Waals surface area contributed by atoms with Gasteiger partial charge in [-0.2, -0.15) is 0 Å². The van der Waals surface area contributed by atoms with Crippen LogP contribution in [0.1, 0.15) is 93.1 Å². The number of hydrogen-bond donors (Lipinski definition) is 5. The molecule has 3 atom stereocenters. The topological polar surface area (TPSA) is 182 Å². The Labute approximate surface area is 278 Å². The smallest absolute Gasteiger partial charge is 0.308 e. The van der Waals surface area contributed by atoms with Gasteiger partial charge in [-0.3, -0.25) is 19.2 Å². The van der Waals surface area contributed by atoms with E-state index >= 15 is 0 Å². The van der Waals surface area contributed by atoms with Gasteiger partial charge in [0, 0.05) is 50.4 Å². The number of carbonyl (C=O) groups is 4. The van der Waals surface area contributed by atoms with Crippen LogP contribution < -0.4 is 20.7 Å². The fraction of sp³-hybridized carbons (Fsp3) is 0.706. The Morgan fingerprint density at radius 1 is 1.00 bits per heavy atom. The number of aliphatic hydroxyl groups is 1. The molecule has 47 heavy (non-hydrogen) atoms. The molecule has 1 aliphatic rings. The Kier molecular flexibility index (Phi) is 15.4. The molecule has 1 aromatic carbocycles. The number of carbonyl (C=O) groups excluding carboxylic acids is 3. The van der Waals surface area contributed by atoms with E-state index in [9.17, 15) is 24.3 Å². The Morgan fingerprint density at radius 2 is 1.68 bits per heavy atom. The first-order valence-corrected chi connectivity index (χ1v) is 16.4. The van der Waals surface area contributed by atoms with Gasteiger partial charge in [0.25, 0.3) is 0 Å². The van der Waals surface area contributed by atoms with Crippen molar-refractivity contribution in [3.63, 3.8) is 0 Å². The summed E-state index contributed by atoms with van der Waals surface area (Å²) in [6, 6.07) is 5.50. The highest BCUT2D eigenvalue weighted by Gasteiger charge is 2.35. The number of esters is 1. The number of aliphatic hydroxyl groups excluding tert-OH is 1. The van der Waals surface area contributed by atoms with Crippen LogP contribution in [0.15, 0.2) is 18.2 Å². The summed E-state index contributed by atoms with van der Waals surface area (Å²) in [6.07, 6.45) is -1.66. The number of aliphatic carboxylic acids is 1. The van der Waals surface area contributed by atoms with Crippen LogP contribution in [0.5, 0.6) is 5.75 Å². The molecule has 1 heterocycles. The summed E-state index contributed by atoms with van der Waals surface area (Å²) in [7, 11) is 0. The number of carboxylic acids is 1. The first-order valence-electron chi connectivity index (χ1n) is 16.4. The number of rotatable bonds is 19. The standard InChI is InChI=1S/C34H55N3O10/c1-21(2)31(42)44-20-23-9-10-25(37-22(3)4)26(17-23)46-29-19-24(38)18-27(47-29)30(41)35-14-15-36-32(43)33(5,6)13-16-45-34(7,8)12-11-28(39)40/h9-10,17,21-22,24,27,29,37-38H,11-16,18-20H2,1-8H3,(H,35,41)(H,36,43)(H,39,40). The van der Waals surface area contributed by atoms with Crippen molar-refractivity contribution in [3.8, 4) is 5.75 Å². The van der Waals surface area contributed by atoms with E-state index in [1.807, 2.05) is 39.8 Å². The van der Waals surface area contributed by atoms with Crippen molar-refractivity contribution >= 4 is 29.4 Å². The first-order chi connectivity index (χ1) is 21.9. The van der Waals surface area contributed by atoms with Crippen LogP contribution in [0.25, 0.3) is 0 Å². The molecule has 1 saturated heterocycles. The van der Waals surface area contributed by atoms with Gasteiger partial charge in [0.15, 0.2) is 0 Å². The largest absolute Gasteiger partial charge is 0.481 e. The zero-order valence-corrected chi connectivity index (χ0v) is 29.1. The van der Waals surface area contributed by atoms with Crippen LogP contribution in [0.3, 0.4) is 0 Å². The van der Waals surface area contributed by atoms with Gasteiger partial charge in [-0.05, 0) is 58.2 Å². The summed E-state index contributed by atoms with van der Waals surface area (Å²) in [5.74, 6) is -1.65. The van der Waals surface area contributed by atoms with Crippen LogP contribution in [0.2, 0.25) is 0 Å². The molecule has 3 unspecified atom stereocenters. The molecule has 266 valence electrons. The second-order valence-corrected chi connectivity index (χ2v) is 13.9. The number of anilines is 1. The monoisotopic (exact) mass is 665 g/mol. The van der Waals surface area contributed by atoms with Gasteiger partial charge in [0.1, 0.15) is 18.5 Å². The molecule has 0 saturated carbocycles. The number of ether oxygens (including phenoxy) is 4. The molecule has 0 radical (unpaired) electrons. The fourth-order valence-electron chi connectivity index (χ4n) is 4.64. The van der Waals surface area contributed by atoms with E-state index in [0.717, 1.165) is 0 Å². The van der Waals surface area contributed by atoms with Crippen LogP contribution in [-0.2, 0) is 40.0 Å². The highest BCUT2D eigenvalue weighted by Crippen LogP contribution is 2.31. The maximum Gasteiger partial charge on any atom is 0.308 e. The average molecular weight is 666 g/mol. The lowest BCUT2D eigenvalue weighted by Gasteiger charge is -2.33. The lowest BCUT2D eigenvalue weighted by molar-refractivity contribution is -0.184. The molecule has 1 fully saturated rings. The van der Waals surface area contributed by atoms with E-state index in [0.29, 0.717) is 36.4 Å². The normalized spacial score (nSPS) is 18.5. The number of carboxylic acid groups (broad SMARTS) is 1. The second-order valence-electron chi connectivity index (χ2n) is 13.9. The maximum atomic E-state index is 13.0. The molecule has 2 amide bonds. The molecule has 1 aliphatic heterocycles. The minimum Gasteiger partial charge on any atom is -0.481 e. The Morgan fingerprint density at radius 3 is 2.32 bits per heavy atom. The zero-order chi connectivity index (χ0) is 35.4. The molecule has 13 nitrogen and oxygen atoms in total. The van der Waals surface area contributed by atoms with Gasteiger partial charge in [-0.1, -0.05) is 33.8 Å². The summed E-state index contributed by atoms with van der Waals surface area (Å²) in [5, 5.41) is 28.3. The molecule has 0 bridgehead atoms. The summed E-state index contributed by atoms with van der Waals surface area (Å²) < 4.78 is 23.3. The molecular formula is C34H55N3O10. The third-order valence-corrected chi connectivity index (χ3v) is 7.65. The van der Waals surface area contributed by atoms with E-state index in [2.05, 4.69) is 16.0 Å². The van der Waals surface area contributed by atoms with Crippen molar-refractivity contribution in [2.75, 3.05) is 25.0 Å². The minimum atomic E-state index is -0.964. The molecule has 2 rings (SSSR count). The lowest BCUT2D eigenvalue weighted by Crippen LogP contribution is -2.48. The minimum absolute atomic E-state index is 0.00425. The van der Waals surface area contributed by atoms with Crippen molar-refractivity contribution in [1.82, 2.24) is 10.6 Å². The predicted octanol–water partition coefficient (Wildman–Crippen LogP) is 3.76. The van der Waals surface area contributed by atoms with Gasteiger partial charge in [0.2, 0.25) is 18.1 Å². The molecule has 1 aromatic rings. The van der Waals surface area contributed by atoms with Crippen molar-refractivity contribution in [2.45, 2.75) is 124 Å². The van der Waals surface area contributed by atoms with Gasteiger partial charge in [-0.15, -0.1) is 0 Å².